The highest BCUT2D eigenvalue weighted by Crippen LogP contribution is 2.38. The molecule has 0 unspecified atom stereocenters. The third kappa shape index (κ3) is 6.90. The maximum atomic E-state index is 15.5. The first-order chi connectivity index (χ1) is 19.0. The van der Waals surface area contributed by atoms with Gasteiger partial charge in [0.15, 0.2) is 0 Å². The molecule has 1 amide bonds. The standard InChI is InChI=1S/C28H27F6N3O3/c1-2-19-12-23(38)37-26(36-19)24-21(28(32,33)34)10-6-16(25(24)31)13-35-27(39)15-4-8-20(9-5-15)40-14-17-3-7-18(29)11-22(17)30/h3,6-7,10-12,15,20H,2,4-5,8-9,13-14H2,1H3,(H,35,39)(H,36,37,38)/t15-,20-. The molecule has 1 aliphatic rings. The van der Waals surface area contributed by atoms with E-state index in [0.717, 1.165) is 24.3 Å². The highest BCUT2D eigenvalue weighted by Gasteiger charge is 2.37. The zero-order chi connectivity index (χ0) is 29.0. The van der Waals surface area contributed by atoms with E-state index in [1.54, 1.807) is 6.92 Å². The van der Waals surface area contributed by atoms with Crippen LogP contribution >= 0.6 is 0 Å². The molecule has 214 valence electrons. The van der Waals surface area contributed by atoms with Crippen molar-refractivity contribution in [2.24, 2.45) is 5.92 Å². The second kappa shape index (κ2) is 12.2. The number of alkyl halides is 3. The van der Waals surface area contributed by atoms with E-state index in [4.69, 9.17) is 4.74 Å². The number of aromatic nitrogens is 2. The van der Waals surface area contributed by atoms with Crippen LogP contribution in [-0.2, 0) is 35.3 Å². The van der Waals surface area contributed by atoms with Gasteiger partial charge in [-0.05, 0) is 44.2 Å². The van der Waals surface area contributed by atoms with E-state index in [9.17, 15) is 31.5 Å². The van der Waals surface area contributed by atoms with Gasteiger partial charge in [-0.25, -0.2) is 18.2 Å². The van der Waals surface area contributed by atoms with Gasteiger partial charge < -0.3 is 15.0 Å². The molecule has 1 aliphatic carbocycles. The summed E-state index contributed by atoms with van der Waals surface area (Å²) in [5.74, 6) is -3.97. The molecule has 1 fully saturated rings. The lowest BCUT2D eigenvalue weighted by Crippen LogP contribution is -2.34. The van der Waals surface area contributed by atoms with Gasteiger partial charge >= 0.3 is 6.18 Å². The third-order valence-electron chi connectivity index (χ3n) is 6.91. The first-order valence-corrected chi connectivity index (χ1v) is 12.8. The summed E-state index contributed by atoms with van der Waals surface area (Å²) < 4.78 is 89.1. The van der Waals surface area contributed by atoms with Crippen molar-refractivity contribution in [2.45, 2.75) is 64.5 Å². The number of hydrogen-bond donors (Lipinski definition) is 2. The Hall–Kier alpha value is -3.67. The van der Waals surface area contributed by atoms with Crippen molar-refractivity contribution in [2.75, 3.05) is 0 Å². The highest BCUT2D eigenvalue weighted by atomic mass is 19.4. The smallest absolute Gasteiger partial charge is 0.373 e. The van der Waals surface area contributed by atoms with Gasteiger partial charge in [0.2, 0.25) is 5.91 Å². The minimum atomic E-state index is -4.91. The molecule has 2 aromatic carbocycles. The first kappa shape index (κ1) is 29.3. The lowest BCUT2D eigenvalue weighted by molar-refractivity contribution is -0.137. The van der Waals surface area contributed by atoms with Gasteiger partial charge in [-0.1, -0.05) is 19.1 Å². The summed E-state index contributed by atoms with van der Waals surface area (Å²) in [6.45, 7) is 1.25. The maximum absolute atomic E-state index is 15.5. The first-order valence-electron chi connectivity index (χ1n) is 12.8. The van der Waals surface area contributed by atoms with Crippen LogP contribution < -0.4 is 10.9 Å². The van der Waals surface area contributed by atoms with Crippen molar-refractivity contribution in [3.8, 4) is 11.4 Å². The Morgan fingerprint density at radius 3 is 2.40 bits per heavy atom. The molecular formula is C28H27F6N3O3. The lowest BCUT2D eigenvalue weighted by Gasteiger charge is -2.28. The Morgan fingerprint density at radius 1 is 1.05 bits per heavy atom. The van der Waals surface area contributed by atoms with E-state index in [-0.39, 0.29) is 48.4 Å². The zero-order valence-corrected chi connectivity index (χ0v) is 21.5. The van der Waals surface area contributed by atoms with Crippen LogP contribution in [0, 0.1) is 23.4 Å². The molecule has 4 rings (SSSR count). The second-order valence-corrected chi connectivity index (χ2v) is 9.64. The van der Waals surface area contributed by atoms with E-state index >= 15 is 4.39 Å². The fourth-order valence-corrected chi connectivity index (χ4v) is 4.70. The largest absolute Gasteiger partial charge is 0.417 e. The number of amides is 1. The molecule has 12 heteroatoms. The summed E-state index contributed by atoms with van der Waals surface area (Å²) in [5.41, 5.74) is -2.67. The number of nitrogens with zero attached hydrogens (tertiary/aromatic N) is 1. The van der Waals surface area contributed by atoms with Crippen LogP contribution in [0.4, 0.5) is 26.3 Å². The van der Waals surface area contributed by atoms with Crippen molar-refractivity contribution in [1.29, 1.82) is 0 Å². The van der Waals surface area contributed by atoms with Gasteiger partial charge in [0, 0.05) is 41.4 Å². The summed E-state index contributed by atoms with van der Waals surface area (Å²) in [7, 11) is 0. The summed E-state index contributed by atoms with van der Waals surface area (Å²) in [4.78, 5) is 30.9. The number of hydrogen-bond acceptors (Lipinski definition) is 4. The molecular weight excluding hydrogens is 540 g/mol. The van der Waals surface area contributed by atoms with Crippen LogP contribution in [-0.4, -0.2) is 22.0 Å². The summed E-state index contributed by atoms with van der Waals surface area (Å²) in [6.07, 6.45) is -2.99. The predicted octanol–water partition coefficient (Wildman–Crippen LogP) is 5.83. The number of benzene rings is 2. The van der Waals surface area contributed by atoms with Gasteiger partial charge in [-0.3, -0.25) is 9.59 Å². The van der Waals surface area contributed by atoms with Crippen LogP contribution in [0.25, 0.3) is 11.4 Å². The average molecular weight is 568 g/mol. The van der Waals surface area contributed by atoms with Crippen LogP contribution in [0.1, 0.15) is 55.0 Å². The molecule has 1 aromatic heterocycles. The molecule has 6 nitrogen and oxygen atoms in total. The number of carbonyl (C=O) groups excluding carboxylic acids is 1. The summed E-state index contributed by atoms with van der Waals surface area (Å²) >= 11 is 0. The normalized spacial score (nSPS) is 17.6. The fraction of sp³-hybridized carbons (Fsp3) is 0.393. The molecule has 40 heavy (non-hydrogen) atoms. The Kier molecular flexibility index (Phi) is 8.97. The van der Waals surface area contributed by atoms with Crippen LogP contribution in [0.15, 0.2) is 41.2 Å². The predicted molar refractivity (Wildman–Crippen MR) is 133 cm³/mol. The van der Waals surface area contributed by atoms with Gasteiger partial charge in [0.25, 0.3) is 5.56 Å². The average Bonchev–Trinajstić information content (AvgIpc) is 2.91. The number of ether oxygens (including phenoxy) is 1. The van der Waals surface area contributed by atoms with Gasteiger partial charge in [0.1, 0.15) is 23.3 Å². The minimum absolute atomic E-state index is 0.0372. The molecule has 3 aromatic rings. The Bertz CT molecular complexity index is 1430. The Balaban J connectivity index is 1.40. The van der Waals surface area contributed by atoms with E-state index in [0.29, 0.717) is 31.7 Å². The molecule has 1 saturated carbocycles. The van der Waals surface area contributed by atoms with Gasteiger partial charge in [0.05, 0.1) is 23.8 Å². The van der Waals surface area contributed by atoms with E-state index in [1.807, 2.05) is 0 Å². The molecule has 0 spiro atoms. The second-order valence-electron chi connectivity index (χ2n) is 9.64. The molecule has 0 atom stereocenters. The van der Waals surface area contributed by atoms with E-state index in [2.05, 4.69) is 15.3 Å². The quantitative estimate of drug-likeness (QED) is 0.336. The Morgan fingerprint density at radius 2 is 1.75 bits per heavy atom. The van der Waals surface area contributed by atoms with Crippen molar-refractivity contribution < 1.29 is 35.9 Å². The minimum Gasteiger partial charge on any atom is -0.373 e. The van der Waals surface area contributed by atoms with E-state index in [1.165, 1.54) is 6.07 Å². The number of aromatic amines is 1. The van der Waals surface area contributed by atoms with Crippen LogP contribution in [0.5, 0.6) is 0 Å². The monoisotopic (exact) mass is 567 g/mol. The number of carbonyl (C=O) groups is 1. The summed E-state index contributed by atoms with van der Waals surface area (Å²) in [6, 6.07) is 6.00. The molecule has 0 radical (unpaired) electrons. The molecule has 0 bridgehead atoms. The van der Waals surface area contributed by atoms with Crippen molar-refractivity contribution in [3.63, 3.8) is 0 Å². The van der Waals surface area contributed by atoms with E-state index < -0.39 is 52.1 Å². The molecule has 0 aliphatic heterocycles. The summed E-state index contributed by atoms with van der Waals surface area (Å²) in [5, 5.41) is 2.59. The molecule has 2 N–H and O–H groups in total. The number of H-pyrrole nitrogens is 1. The lowest BCUT2D eigenvalue weighted by atomic mass is 9.86. The van der Waals surface area contributed by atoms with Gasteiger partial charge in [-0.2, -0.15) is 13.2 Å². The highest BCUT2D eigenvalue weighted by molar-refractivity contribution is 5.78. The van der Waals surface area contributed by atoms with Crippen molar-refractivity contribution in [1.82, 2.24) is 15.3 Å². The number of halogens is 6. The van der Waals surface area contributed by atoms with Crippen LogP contribution in [0.3, 0.4) is 0 Å². The van der Waals surface area contributed by atoms with Crippen LogP contribution in [0.2, 0.25) is 0 Å². The van der Waals surface area contributed by atoms with Crippen molar-refractivity contribution in [3.05, 3.63) is 86.6 Å². The SMILES string of the molecule is CCc1cc(=O)[nH]c(-c2c(C(F)(F)F)ccc(CNC(=O)[C@H]3CC[C@H](OCc4ccc(F)cc4F)CC3)c2F)n1. The third-order valence-corrected chi connectivity index (χ3v) is 6.91. The Labute approximate surface area is 225 Å². The number of nitrogens with one attached hydrogen (secondary N) is 2. The van der Waals surface area contributed by atoms with Crippen molar-refractivity contribution >= 4 is 5.91 Å². The maximum Gasteiger partial charge on any atom is 0.417 e. The zero-order valence-electron chi connectivity index (χ0n) is 21.5. The topological polar surface area (TPSA) is 84.1 Å². The number of aryl methyl sites for hydroxylation is 1. The van der Waals surface area contributed by atoms with Gasteiger partial charge in [-0.15, -0.1) is 0 Å². The fourth-order valence-electron chi connectivity index (χ4n) is 4.70. The number of rotatable bonds is 8. The molecule has 0 saturated heterocycles. The molecule has 1 heterocycles.